The molecule has 0 aliphatic rings. The van der Waals surface area contributed by atoms with E-state index in [1.54, 1.807) is 0 Å². The maximum atomic E-state index is 12.5. The van der Waals surface area contributed by atoms with Gasteiger partial charge in [-0.25, -0.2) is 4.79 Å². The van der Waals surface area contributed by atoms with Gasteiger partial charge in [-0.1, -0.05) is 0 Å². The Bertz CT molecular complexity index is 601. The van der Waals surface area contributed by atoms with Crippen molar-refractivity contribution in [3.8, 4) is 0 Å². The number of aryl methyl sites for hydroxylation is 1. The molecule has 1 aromatic carbocycles. The molecule has 0 atom stereocenters. The van der Waals surface area contributed by atoms with Crippen molar-refractivity contribution in [2.24, 2.45) is 7.05 Å². The fraction of sp³-hybridized carbons (Fsp3) is 0.200. The van der Waals surface area contributed by atoms with E-state index in [0.717, 1.165) is 22.9 Å². The number of alkyl halides is 3. The molecular weight excluding hydrogens is 237 g/mol. The molecule has 0 aliphatic heterocycles. The van der Waals surface area contributed by atoms with Crippen LogP contribution in [0.3, 0.4) is 0 Å². The van der Waals surface area contributed by atoms with E-state index >= 15 is 0 Å². The number of fused-ring (bicyclic) bond motifs is 1. The van der Waals surface area contributed by atoms with Crippen molar-refractivity contribution in [3.63, 3.8) is 0 Å². The van der Waals surface area contributed by atoms with Gasteiger partial charge in [0.2, 0.25) is 0 Å². The molecule has 0 fully saturated rings. The highest BCUT2D eigenvalue weighted by Gasteiger charge is 2.31. The number of carbonyl (C=O) groups is 1. The molecule has 1 heterocycles. The van der Waals surface area contributed by atoms with Gasteiger partial charge in [0.05, 0.1) is 11.1 Å². The molecule has 0 bridgehead atoms. The van der Waals surface area contributed by atoms with Crippen LogP contribution in [0.25, 0.3) is 10.9 Å². The number of aromatic carboxylic acids is 1. The largest absolute Gasteiger partial charge is 0.476 e. The van der Waals surface area contributed by atoms with Crippen LogP contribution in [0.1, 0.15) is 16.1 Å². The third kappa shape index (κ3) is 1.83. The Morgan fingerprint density at radius 1 is 1.41 bits per heavy atom. The number of carboxylic acids is 1. The van der Waals surface area contributed by atoms with Crippen LogP contribution in [-0.2, 0) is 13.2 Å². The minimum atomic E-state index is -4.46. The van der Waals surface area contributed by atoms with Gasteiger partial charge in [-0.3, -0.25) is 4.68 Å². The SMILES string of the molecule is Cn1nc(C(=O)O)c2ccc(C(F)(F)F)cc21. The fourth-order valence-electron chi connectivity index (χ4n) is 1.59. The molecule has 90 valence electrons. The van der Waals surface area contributed by atoms with Crippen molar-refractivity contribution in [1.29, 1.82) is 0 Å². The van der Waals surface area contributed by atoms with E-state index in [-0.39, 0.29) is 16.6 Å². The Morgan fingerprint density at radius 3 is 2.59 bits per heavy atom. The predicted molar refractivity (Wildman–Crippen MR) is 52.7 cm³/mol. The molecule has 0 radical (unpaired) electrons. The van der Waals surface area contributed by atoms with Crippen molar-refractivity contribution in [2.75, 3.05) is 0 Å². The molecule has 0 unspecified atom stereocenters. The summed E-state index contributed by atoms with van der Waals surface area (Å²) in [5.41, 5.74) is -0.946. The monoisotopic (exact) mass is 244 g/mol. The van der Waals surface area contributed by atoms with Crippen LogP contribution in [0.2, 0.25) is 0 Å². The second kappa shape index (κ2) is 3.47. The minimum absolute atomic E-state index is 0.136. The molecule has 17 heavy (non-hydrogen) atoms. The van der Waals surface area contributed by atoms with E-state index in [1.807, 2.05) is 0 Å². The molecule has 2 aromatic rings. The molecule has 1 N–H and O–H groups in total. The summed E-state index contributed by atoms with van der Waals surface area (Å²) in [6, 6.07) is 2.85. The summed E-state index contributed by atoms with van der Waals surface area (Å²) >= 11 is 0. The molecule has 0 spiro atoms. The lowest BCUT2D eigenvalue weighted by Crippen LogP contribution is -2.04. The average molecular weight is 244 g/mol. The number of carboxylic acid groups (broad SMARTS) is 1. The zero-order chi connectivity index (χ0) is 12.8. The van der Waals surface area contributed by atoms with Crippen molar-refractivity contribution in [1.82, 2.24) is 9.78 Å². The van der Waals surface area contributed by atoms with E-state index in [9.17, 15) is 18.0 Å². The van der Waals surface area contributed by atoms with Crippen LogP contribution < -0.4 is 0 Å². The quantitative estimate of drug-likeness (QED) is 0.837. The average Bonchev–Trinajstić information content (AvgIpc) is 2.55. The van der Waals surface area contributed by atoms with Gasteiger partial charge < -0.3 is 5.11 Å². The first kappa shape index (κ1) is 11.4. The van der Waals surface area contributed by atoms with Gasteiger partial charge in [0, 0.05) is 12.4 Å². The Kier molecular flexibility index (Phi) is 2.34. The van der Waals surface area contributed by atoms with Gasteiger partial charge in [0.15, 0.2) is 5.69 Å². The highest BCUT2D eigenvalue weighted by atomic mass is 19.4. The number of aromatic nitrogens is 2. The Hall–Kier alpha value is -2.05. The zero-order valence-electron chi connectivity index (χ0n) is 8.62. The molecular formula is C10H7F3N2O2. The smallest absolute Gasteiger partial charge is 0.416 e. The Labute approximate surface area is 93.3 Å². The second-order valence-corrected chi connectivity index (χ2v) is 3.51. The zero-order valence-corrected chi connectivity index (χ0v) is 8.62. The summed E-state index contributed by atoms with van der Waals surface area (Å²) < 4.78 is 38.5. The van der Waals surface area contributed by atoms with Gasteiger partial charge in [0.1, 0.15) is 0 Å². The van der Waals surface area contributed by atoms with Crippen LogP contribution in [0.15, 0.2) is 18.2 Å². The topological polar surface area (TPSA) is 55.1 Å². The van der Waals surface area contributed by atoms with E-state index in [0.29, 0.717) is 0 Å². The van der Waals surface area contributed by atoms with Crippen LogP contribution in [0.4, 0.5) is 13.2 Å². The lowest BCUT2D eigenvalue weighted by atomic mass is 10.1. The number of halogens is 3. The highest BCUT2D eigenvalue weighted by molar-refractivity contribution is 6.01. The van der Waals surface area contributed by atoms with E-state index in [1.165, 1.54) is 7.05 Å². The molecule has 1 aromatic heterocycles. The third-order valence-corrected chi connectivity index (χ3v) is 2.38. The summed E-state index contributed by atoms with van der Waals surface area (Å²) in [5.74, 6) is -1.27. The number of rotatable bonds is 1. The minimum Gasteiger partial charge on any atom is -0.476 e. The lowest BCUT2D eigenvalue weighted by molar-refractivity contribution is -0.137. The lowest BCUT2D eigenvalue weighted by Gasteiger charge is -2.06. The van der Waals surface area contributed by atoms with Crippen molar-refractivity contribution >= 4 is 16.9 Å². The maximum absolute atomic E-state index is 12.5. The van der Waals surface area contributed by atoms with E-state index in [4.69, 9.17) is 5.11 Å². The molecule has 4 nitrogen and oxygen atoms in total. The normalized spacial score (nSPS) is 12.0. The van der Waals surface area contributed by atoms with Crippen LogP contribution in [-0.4, -0.2) is 20.9 Å². The van der Waals surface area contributed by atoms with Crippen molar-refractivity contribution in [2.45, 2.75) is 6.18 Å². The molecule has 0 saturated carbocycles. The van der Waals surface area contributed by atoms with E-state index < -0.39 is 17.7 Å². The standard InChI is InChI=1S/C10H7F3N2O2/c1-15-7-4-5(10(11,12)13)2-3-6(7)8(14-15)9(16)17/h2-4H,1H3,(H,16,17). The summed E-state index contributed by atoms with van der Waals surface area (Å²) in [6.45, 7) is 0. The molecule has 0 amide bonds. The second-order valence-electron chi connectivity index (χ2n) is 3.51. The number of hydrogen-bond acceptors (Lipinski definition) is 2. The highest BCUT2D eigenvalue weighted by Crippen LogP contribution is 2.31. The van der Waals surface area contributed by atoms with Gasteiger partial charge in [-0.2, -0.15) is 18.3 Å². The molecule has 7 heteroatoms. The summed E-state index contributed by atoms with van der Waals surface area (Å²) in [6.07, 6.45) is -4.46. The van der Waals surface area contributed by atoms with E-state index in [2.05, 4.69) is 5.10 Å². The summed E-state index contributed by atoms with van der Waals surface area (Å²) in [4.78, 5) is 10.8. The van der Waals surface area contributed by atoms with Gasteiger partial charge in [-0.05, 0) is 18.2 Å². The molecule has 0 aliphatic carbocycles. The van der Waals surface area contributed by atoms with Crippen LogP contribution >= 0.6 is 0 Å². The molecule has 2 rings (SSSR count). The molecule has 0 saturated heterocycles. The number of benzene rings is 1. The fourth-order valence-corrected chi connectivity index (χ4v) is 1.59. The number of hydrogen-bond donors (Lipinski definition) is 1. The van der Waals surface area contributed by atoms with Gasteiger partial charge in [-0.15, -0.1) is 0 Å². The van der Waals surface area contributed by atoms with Crippen molar-refractivity contribution < 1.29 is 23.1 Å². The van der Waals surface area contributed by atoms with Gasteiger partial charge in [0.25, 0.3) is 0 Å². The summed E-state index contributed by atoms with van der Waals surface area (Å²) in [5, 5.41) is 12.7. The third-order valence-electron chi connectivity index (χ3n) is 2.38. The van der Waals surface area contributed by atoms with Crippen LogP contribution in [0, 0.1) is 0 Å². The maximum Gasteiger partial charge on any atom is 0.416 e. The van der Waals surface area contributed by atoms with Gasteiger partial charge >= 0.3 is 12.1 Å². The van der Waals surface area contributed by atoms with Crippen LogP contribution in [0.5, 0.6) is 0 Å². The first-order valence-corrected chi connectivity index (χ1v) is 4.58. The predicted octanol–water partition coefficient (Wildman–Crippen LogP) is 2.29. The first-order valence-electron chi connectivity index (χ1n) is 4.58. The summed E-state index contributed by atoms with van der Waals surface area (Å²) in [7, 11) is 1.40. The number of nitrogens with zero attached hydrogens (tertiary/aromatic N) is 2. The Balaban J connectivity index is 2.72. The Morgan fingerprint density at radius 2 is 2.06 bits per heavy atom. The first-order chi connectivity index (χ1) is 7.80. The van der Waals surface area contributed by atoms with Crippen molar-refractivity contribution in [3.05, 3.63) is 29.5 Å².